The Morgan fingerprint density at radius 1 is 1.19 bits per heavy atom. The Morgan fingerprint density at radius 2 is 1.89 bits per heavy atom. The zero-order valence-corrected chi connectivity index (χ0v) is 16.6. The molecule has 138 valence electrons. The number of aromatic nitrogens is 1. The van der Waals surface area contributed by atoms with E-state index >= 15 is 0 Å². The molecule has 2 heterocycles. The molecule has 2 aromatic heterocycles. The van der Waals surface area contributed by atoms with Gasteiger partial charge in [0, 0.05) is 29.4 Å². The number of hydrogen-bond acceptors (Lipinski definition) is 5. The van der Waals surface area contributed by atoms with Crippen molar-refractivity contribution < 1.29 is 9.53 Å². The number of esters is 1. The smallest absolute Gasteiger partial charge is 0.341 e. The van der Waals surface area contributed by atoms with Crippen molar-refractivity contribution in [2.75, 3.05) is 12.4 Å². The third-order valence-electron chi connectivity index (χ3n) is 3.97. The molecule has 3 rings (SSSR count). The molecule has 0 bridgehead atoms. The summed E-state index contributed by atoms with van der Waals surface area (Å²) in [6.45, 7) is 2.55. The predicted octanol–water partition coefficient (Wildman–Crippen LogP) is 4.39. The summed E-state index contributed by atoms with van der Waals surface area (Å²) in [7, 11) is 1.38. The van der Waals surface area contributed by atoms with Crippen molar-refractivity contribution in [3.8, 4) is 11.1 Å². The number of aryl methyl sites for hydroxylation is 1. The van der Waals surface area contributed by atoms with Gasteiger partial charge in [-0.1, -0.05) is 30.3 Å². The number of methoxy groups -OCH3 is 1. The second kappa shape index (κ2) is 8.75. The molecule has 1 aromatic carbocycles. The number of carbonyl (C=O) groups is 1. The number of rotatable bonds is 5. The third kappa shape index (κ3) is 4.50. The highest BCUT2D eigenvalue weighted by atomic mass is 32.1. The zero-order chi connectivity index (χ0) is 19.2. The molecule has 0 amide bonds. The van der Waals surface area contributed by atoms with Gasteiger partial charge >= 0.3 is 5.97 Å². The quantitative estimate of drug-likeness (QED) is 0.492. The first kappa shape index (κ1) is 19.0. The molecule has 0 spiro atoms. The first-order chi connectivity index (χ1) is 13.1. The van der Waals surface area contributed by atoms with Gasteiger partial charge in [0.25, 0.3) is 0 Å². The molecule has 2 N–H and O–H groups in total. The van der Waals surface area contributed by atoms with E-state index in [1.54, 1.807) is 12.4 Å². The Morgan fingerprint density at radius 3 is 2.56 bits per heavy atom. The molecule has 0 atom stereocenters. The van der Waals surface area contributed by atoms with Crippen LogP contribution in [0.25, 0.3) is 11.1 Å². The van der Waals surface area contributed by atoms with Crippen LogP contribution in [-0.2, 0) is 11.3 Å². The topological polar surface area (TPSA) is 63.2 Å². The minimum Gasteiger partial charge on any atom is -0.465 e. The number of ether oxygens (including phenoxy) is 1. The molecule has 3 aromatic rings. The molecule has 0 unspecified atom stereocenters. The Labute approximate surface area is 167 Å². The van der Waals surface area contributed by atoms with Crippen LogP contribution in [0.4, 0.5) is 5.00 Å². The Bertz CT molecular complexity index is 941. The van der Waals surface area contributed by atoms with Gasteiger partial charge in [-0.15, -0.1) is 11.3 Å². The maximum Gasteiger partial charge on any atom is 0.341 e. The van der Waals surface area contributed by atoms with Crippen LogP contribution in [0.1, 0.15) is 20.8 Å². The normalized spacial score (nSPS) is 10.3. The highest BCUT2D eigenvalue weighted by molar-refractivity contribution is 7.80. The van der Waals surface area contributed by atoms with E-state index in [1.807, 2.05) is 49.4 Å². The maximum absolute atomic E-state index is 12.5. The average molecular weight is 398 g/mol. The third-order valence-corrected chi connectivity index (χ3v) is 5.23. The van der Waals surface area contributed by atoms with Crippen molar-refractivity contribution in [2.45, 2.75) is 13.5 Å². The van der Waals surface area contributed by atoms with Gasteiger partial charge in [0.2, 0.25) is 0 Å². The van der Waals surface area contributed by atoms with E-state index in [9.17, 15) is 4.79 Å². The van der Waals surface area contributed by atoms with Crippen molar-refractivity contribution in [1.82, 2.24) is 10.3 Å². The minimum atomic E-state index is -0.391. The molecular weight excluding hydrogens is 378 g/mol. The van der Waals surface area contributed by atoms with Gasteiger partial charge in [0.1, 0.15) is 10.6 Å². The molecular formula is C20H19N3O2S2. The summed E-state index contributed by atoms with van der Waals surface area (Å²) in [5.41, 5.74) is 3.40. The second-order valence-electron chi connectivity index (χ2n) is 5.76. The van der Waals surface area contributed by atoms with E-state index in [1.165, 1.54) is 18.4 Å². The van der Waals surface area contributed by atoms with Crippen LogP contribution < -0.4 is 10.6 Å². The Hall–Kier alpha value is -2.77. The summed E-state index contributed by atoms with van der Waals surface area (Å²) in [5, 5.41) is 7.41. The molecule has 7 heteroatoms. The standard InChI is InChI=1S/C20H19N3O2S2/c1-13-16(15-6-4-3-5-7-15)17(19(24)25-2)18(27-13)23-20(26)22-12-14-8-10-21-11-9-14/h3-11H,12H2,1-2H3,(H2,22,23,26). The SMILES string of the molecule is COC(=O)c1c(NC(=S)NCc2ccncc2)sc(C)c1-c1ccccc1. The largest absolute Gasteiger partial charge is 0.465 e. The summed E-state index contributed by atoms with van der Waals surface area (Å²) >= 11 is 6.88. The van der Waals surface area contributed by atoms with Crippen LogP contribution in [-0.4, -0.2) is 23.2 Å². The summed E-state index contributed by atoms with van der Waals surface area (Å²) < 4.78 is 5.02. The average Bonchev–Trinajstić information content (AvgIpc) is 3.02. The number of pyridine rings is 1. The van der Waals surface area contributed by atoms with Crippen molar-refractivity contribution in [3.05, 3.63) is 70.9 Å². The molecule has 0 aliphatic heterocycles. The molecule has 0 saturated carbocycles. The summed E-state index contributed by atoms with van der Waals surface area (Å²) in [4.78, 5) is 17.5. The lowest BCUT2D eigenvalue weighted by Crippen LogP contribution is -2.28. The van der Waals surface area contributed by atoms with Crippen molar-refractivity contribution in [2.24, 2.45) is 0 Å². The van der Waals surface area contributed by atoms with E-state index in [0.717, 1.165) is 21.6 Å². The lowest BCUT2D eigenvalue weighted by Gasteiger charge is -2.11. The van der Waals surface area contributed by atoms with Crippen molar-refractivity contribution >= 4 is 39.6 Å². The van der Waals surface area contributed by atoms with Crippen LogP contribution in [0, 0.1) is 6.92 Å². The van der Waals surface area contributed by atoms with Gasteiger partial charge in [-0.2, -0.15) is 0 Å². The van der Waals surface area contributed by atoms with Crippen LogP contribution in [0.5, 0.6) is 0 Å². The number of hydrogen-bond donors (Lipinski definition) is 2. The predicted molar refractivity (Wildman–Crippen MR) is 113 cm³/mol. The molecule has 0 radical (unpaired) electrons. The minimum absolute atomic E-state index is 0.391. The highest BCUT2D eigenvalue weighted by Gasteiger charge is 2.24. The van der Waals surface area contributed by atoms with E-state index in [2.05, 4.69) is 15.6 Å². The van der Waals surface area contributed by atoms with Gasteiger partial charge in [0.05, 0.1) is 7.11 Å². The fraction of sp³-hybridized carbons (Fsp3) is 0.150. The van der Waals surface area contributed by atoms with Crippen LogP contribution in [0.15, 0.2) is 54.9 Å². The van der Waals surface area contributed by atoms with Gasteiger partial charge in [-0.25, -0.2) is 4.79 Å². The Kier molecular flexibility index (Phi) is 6.16. The number of thiocarbonyl (C=S) groups is 1. The molecule has 0 fully saturated rings. The van der Waals surface area contributed by atoms with E-state index < -0.39 is 5.97 Å². The van der Waals surface area contributed by atoms with Crippen molar-refractivity contribution in [3.63, 3.8) is 0 Å². The van der Waals surface area contributed by atoms with Crippen LogP contribution in [0.2, 0.25) is 0 Å². The van der Waals surface area contributed by atoms with Gasteiger partial charge < -0.3 is 15.4 Å². The van der Waals surface area contributed by atoms with E-state index in [-0.39, 0.29) is 0 Å². The number of benzene rings is 1. The lowest BCUT2D eigenvalue weighted by molar-refractivity contribution is 0.0603. The van der Waals surface area contributed by atoms with Gasteiger partial charge in [-0.05, 0) is 42.4 Å². The summed E-state index contributed by atoms with van der Waals surface area (Å²) in [5.74, 6) is -0.391. The lowest BCUT2D eigenvalue weighted by atomic mass is 10.0. The zero-order valence-electron chi connectivity index (χ0n) is 15.0. The fourth-order valence-electron chi connectivity index (χ4n) is 2.71. The highest BCUT2D eigenvalue weighted by Crippen LogP contribution is 2.40. The first-order valence-corrected chi connectivity index (χ1v) is 9.53. The molecule has 27 heavy (non-hydrogen) atoms. The second-order valence-corrected chi connectivity index (χ2v) is 7.39. The van der Waals surface area contributed by atoms with E-state index in [4.69, 9.17) is 17.0 Å². The number of thiophene rings is 1. The fourth-order valence-corrected chi connectivity index (χ4v) is 4.02. The number of nitrogens with one attached hydrogen (secondary N) is 2. The Balaban J connectivity index is 1.84. The number of anilines is 1. The molecule has 0 saturated heterocycles. The van der Waals surface area contributed by atoms with Gasteiger partial charge in [0.15, 0.2) is 5.11 Å². The monoisotopic (exact) mass is 397 g/mol. The number of nitrogens with zero attached hydrogens (tertiary/aromatic N) is 1. The summed E-state index contributed by atoms with van der Waals surface area (Å²) in [6.07, 6.45) is 3.47. The summed E-state index contributed by atoms with van der Waals surface area (Å²) in [6, 6.07) is 13.6. The van der Waals surface area contributed by atoms with Gasteiger partial charge in [-0.3, -0.25) is 4.98 Å². The number of carbonyl (C=O) groups excluding carboxylic acids is 1. The van der Waals surface area contributed by atoms with E-state index in [0.29, 0.717) is 22.2 Å². The molecule has 0 aliphatic carbocycles. The first-order valence-electron chi connectivity index (χ1n) is 8.31. The van der Waals surface area contributed by atoms with Crippen LogP contribution >= 0.6 is 23.6 Å². The molecule has 0 aliphatic rings. The molecule has 5 nitrogen and oxygen atoms in total. The maximum atomic E-state index is 12.5. The van der Waals surface area contributed by atoms with Crippen molar-refractivity contribution in [1.29, 1.82) is 0 Å². The van der Waals surface area contributed by atoms with Crippen LogP contribution in [0.3, 0.4) is 0 Å².